The van der Waals surface area contributed by atoms with Gasteiger partial charge in [-0.2, -0.15) is 0 Å². The van der Waals surface area contributed by atoms with E-state index in [0.29, 0.717) is 6.54 Å². The molecule has 5 nitrogen and oxygen atoms in total. The molecule has 1 aliphatic heterocycles. The van der Waals surface area contributed by atoms with Crippen LogP contribution in [0.1, 0.15) is 13.3 Å². The fourth-order valence-electron chi connectivity index (χ4n) is 2.88. The molecule has 1 N–H and O–H groups in total. The first kappa shape index (κ1) is 17.8. The molecule has 0 aliphatic carbocycles. The summed E-state index contributed by atoms with van der Waals surface area (Å²) in [5.41, 5.74) is -0.129. The first-order valence-electron chi connectivity index (χ1n) is 8.19. The van der Waals surface area contributed by atoms with Gasteiger partial charge in [0.15, 0.2) is 5.13 Å². The maximum atomic E-state index is 13.7. The Morgan fingerprint density at radius 2 is 2.12 bits per heavy atom. The molecule has 1 aliphatic rings. The van der Waals surface area contributed by atoms with Gasteiger partial charge in [-0.3, -0.25) is 9.69 Å². The van der Waals surface area contributed by atoms with Gasteiger partial charge in [0.25, 0.3) is 0 Å². The second-order valence-electron chi connectivity index (χ2n) is 5.98. The van der Waals surface area contributed by atoms with Crippen molar-refractivity contribution in [2.45, 2.75) is 19.4 Å². The summed E-state index contributed by atoms with van der Waals surface area (Å²) in [5.74, 6) is -1.57. The Kier molecular flexibility index (Phi) is 5.60. The molecule has 3 rings (SSSR count). The smallest absolute Gasteiger partial charge is 0.241 e. The highest BCUT2D eigenvalue weighted by atomic mass is 32.1. The number of benzene rings is 1. The van der Waals surface area contributed by atoms with Crippen LogP contribution in [0.5, 0.6) is 0 Å². The highest BCUT2D eigenvalue weighted by molar-refractivity contribution is 7.13. The van der Waals surface area contributed by atoms with Crippen LogP contribution in [0.25, 0.3) is 0 Å². The zero-order valence-electron chi connectivity index (χ0n) is 13.9. The van der Waals surface area contributed by atoms with E-state index in [1.807, 2.05) is 5.38 Å². The molecule has 0 radical (unpaired) electrons. The van der Waals surface area contributed by atoms with Crippen LogP contribution >= 0.6 is 11.3 Å². The number of rotatable bonds is 4. The van der Waals surface area contributed by atoms with Gasteiger partial charge in [-0.05, 0) is 25.5 Å². The van der Waals surface area contributed by atoms with E-state index >= 15 is 0 Å². The fraction of sp³-hybridized carbons (Fsp3) is 0.412. The molecule has 1 fully saturated rings. The van der Waals surface area contributed by atoms with Gasteiger partial charge >= 0.3 is 0 Å². The number of nitrogens with zero attached hydrogens (tertiary/aromatic N) is 3. The molecule has 1 aromatic carbocycles. The number of amides is 1. The van der Waals surface area contributed by atoms with Crippen LogP contribution in [0.3, 0.4) is 0 Å². The van der Waals surface area contributed by atoms with Gasteiger partial charge in [-0.15, -0.1) is 11.3 Å². The van der Waals surface area contributed by atoms with Gasteiger partial charge < -0.3 is 10.2 Å². The summed E-state index contributed by atoms with van der Waals surface area (Å²) in [6.07, 6.45) is 2.69. The number of carbonyl (C=O) groups excluding carboxylic acids is 1. The van der Waals surface area contributed by atoms with Crippen molar-refractivity contribution in [1.82, 2.24) is 9.88 Å². The molecular formula is C17H20F2N4OS. The Morgan fingerprint density at radius 1 is 1.28 bits per heavy atom. The van der Waals surface area contributed by atoms with Crippen molar-refractivity contribution < 1.29 is 13.6 Å². The monoisotopic (exact) mass is 366 g/mol. The van der Waals surface area contributed by atoms with E-state index in [4.69, 9.17) is 0 Å². The third-order valence-electron chi connectivity index (χ3n) is 4.33. The van der Waals surface area contributed by atoms with E-state index in [1.165, 1.54) is 0 Å². The van der Waals surface area contributed by atoms with Gasteiger partial charge in [0.2, 0.25) is 5.91 Å². The number of halogens is 2. The maximum absolute atomic E-state index is 13.7. The topological polar surface area (TPSA) is 48.5 Å². The quantitative estimate of drug-likeness (QED) is 0.904. The van der Waals surface area contributed by atoms with Gasteiger partial charge in [-0.25, -0.2) is 13.8 Å². The van der Waals surface area contributed by atoms with Crippen molar-refractivity contribution in [2.75, 3.05) is 36.4 Å². The maximum Gasteiger partial charge on any atom is 0.241 e. The summed E-state index contributed by atoms with van der Waals surface area (Å²) in [7, 11) is 0. The van der Waals surface area contributed by atoms with Crippen LogP contribution in [0.2, 0.25) is 0 Å². The second-order valence-corrected chi connectivity index (χ2v) is 6.85. The number of anilines is 2. The average Bonchev–Trinajstić information content (AvgIpc) is 3.02. The summed E-state index contributed by atoms with van der Waals surface area (Å²) in [6, 6.07) is 2.59. The number of hydrogen-bond acceptors (Lipinski definition) is 5. The molecule has 134 valence electrons. The van der Waals surface area contributed by atoms with E-state index in [1.54, 1.807) is 24.5 Å². The highest BCUT2D eigenvalue weighted by Crippen LogP contribution is 2.20. The van der Waals surface area contributed by atoms with Crippen LogP contribution in [0.4, 0.5) is 19.6 Å². The number of nitrogens with one attached hydrogen (secondary N) is 1. The number of carbonyl (C=O) groups is 1. The number of aromatic nitrogens is 1. The van der Waals surface area contributed by atoms with Crippen LogP contribution in [-0.4, -0.2) is 48.0 Å². The first-order chi connectivity index (χ1) is 12.0. The predicted molar refractivity (Wildman–Crippen MR) is 95.0 cm³/mol. The number of thiazole rings is 1. The Hall–Kier alpha value is -2.06. The van der Waals surface area contributed by atoms with Crippen molar-refractivity contribution in [2.24, 2.45) is 0 Å². The molecule has 25 heavy (non-hydrogen) atoms. The Labute approximate surface area is 149 Å². The third-order valence-corrected chi connectivity index (χ3v) is 5.17. The standard InChI is InChI=1S/C17H20F2N4OS/c1-12(16(24)21-15-11-13(18)3-4-14(15)19)22-6-2-7-23(9-8-22)17-20-5-10-25-17/h3-5,10-12H,2,6-9H2,1H3,(H,21,24). The van der Waals surface area contributed by atoms with Crippen molar-refractivity contribution in [3.63, 3.8) is 0 Å². The molecule has 1 unspecified atom stereocenters. The third kappa shape index (κ3) is 4.32. The SMILES string of the molecule is CC(C(=O)Nc1cc(F)ccc1F)N1CCCN(c2nccs2)CC1. The summed E-state index contributed by atoms with van der Waals surface area (Å²) < 4.78 is 26.9. The average molecular weight is 366 g/mol. The Bertz CT molecular complexity index is 725. The molecule has 1 saturated heterocycles. The molecule has 2 aromatic rings. The van der Waals surface area contributed by atoms with Crippen LogP contribution in [-0.2, 0) is 4.79 Å². The minimum atomic E-state index is -0.646. The minimum absolute atomic E-state index is 0.129. The molecule has 1 atom stereocenters. The molecule has 8 heteroatoms. The van der Waals surface area contributed by atoms with Gasteiger partial charge in [0, 0.05) is 43.8 Å². The normalized spacial score (nSPS) is 17.2. The Morgan fingerprint density at radius 3 is 2.88 bits per heavy atom. The van der Waals surface area contributed by atoms with Crippen molar-refractivity contribution in [3.05, 3.63) is 41.4 Å². The predicted octanol–water partition coefficient (Wildman–Crippen LogP) is 2.96. The van der Waals surface area contributed by atoms with E-state index in [2.05, 4.69) is 20.1 Å². The van der Waals surface area contributed by atoms with E-state index in [-0.39, 0.29) is 11.6 Å². The van der Waals surface area contributed by atoms with Crippen LogP contribution in [0.15, 0.2) is 29.8 Å². The molecule has 0 spiro atoms. The molecule has 1 aromatic heterocycles. The molecule has 0 saturated carbocycles. The molecule has 1 amide bonds. The van der Waals surface area contributed by atoms with E-state index in [0.717, 1.165) is 49.4 Å². The summed E-state index contributed by atoms with van der Waals surface area (Å²) in [5, 5.41) is 5.42. The molecule has 0 bridgehead atoms. The summed E-state index contributed by atoms with van der Waals surface area (Å²) in [4.78, 5) is 21.0. The van der Waals surface area contributed by atoms with Crippen molar-refractivity contribution >= 4 is 28.1 Å². The Balaban J connectivity index is 1.61. The van der Waals surface area contributed by atoms with Gasteiger partial charge in [0.05, 0.1) is 11.7 Å². The van der Waals surface area contributed by atoms with E-state index < -0.39 is 17.7 Å². The minimum Gasteiger partial charge on any atom is -0.347 e. The first-order valence-corrected chi connectivity index (χ1v) is 9.07. The zero-order valence-corrected chi connectivity index (χ0v) is 14.7. The number of hydrogen-bond donors (Lipinski definition) is 1. The lowest BCUT2D eigenvalue weighted by Crippen LogP contribution is -2.44. The van der Waals surface area contributed by atoms with Crippen LogP contribution < -0.4 is 10.2 Å². The summed E-state index contributed by atoms with van der Waals surface area (Å²) in [6.45, 7) is 4.92. The van der Waals surface area contributed by atoms with Crippen molar-refractivity contribution in [1.29, 1.82) is 0 Å². The zero-order chi connectivity index (χ0) is 17.8. The van der Waals surface area contributed by atoms with Gasteiger partial charge in [-0.1, -0.05) is 0 Å². The highest BCUT2D eigenvalue weighted by Gasteiger charge is 2.25. The largest absolute Gasteiger partial charge is 0.347 e. The summed E-state index contributed by atoms with van der Waals surface area (Å²) >= 11 is 1.60. The van der Waals surface area contributed by atoms with Gasteiger partial charge in [0.1, 0.15) is 11.6 Å². The fourth-order valence-corrected chi connectivity index (χ4v) is 3.58. The lowest BCUT2D eigenvalue weighted by Gasteiger charge is -2.27. The lowest BCUT2D eigenvalue weighted by atomic mass is 10.2. The van der Waals surface area contributed by atoms with Crippen LogP contribution in [0, 0.1) is 11.6 Å². The lowest BCUT2D eigenvalue weighted by molar-refractivity contribution is -0.120. The second kappa shape index (κ2) is 7.88. The molecule has 2 heterocycles. The van der Waals surface area contributed by atoms with E-state index in [9.17, 15) is 13.6 Å². The molecular weight excluding hydrogens is 346 g/mol. The van der Waals surface area contributed by atoms with Crippen molar-refractivity contribution in [3.8, 4) is 0 Å².